The number of rotatable bonds is 5. The molecule has 3 aliphatic heterocycles. The van der Waals surface area contributed by atoms with Crippen molar-refractivity contribution in [3.05, 3.63) is 29.3 Å². The van der Waals surface area contributed by atoms with Crippen LogP contribution in [0, 0.1) is 11.8 Å². The summed E-state index contributed by atoms with van der Waals surface area (Å²) in [6, 6.07) is 5.75. The fourth-order valence-corrected chi connectivity index (χ4v) is 6.71. The van der Waals surface area contributed by atoms with E-state index >= 15 is 0 Å². The Hall–Kier alpha value is -1.86. The van der Waals surface area contributed by atoms with Crippen LogP contribution >= 0.6 is 11.8 Å². The number of nitrogens with one attached hydrogen (secondary N) is 2. The lowest BCUT2D eigenvalue weighted by Gasteiger charge is -2.31. The lowest BCUT2D eigenvalue weighted by atomic mass is 9.76. The van der Waals surface area contributed by atoms with Crippen molar-refractivity contribution in [1.82, 2.24) is 10.2 Å². The highest BCUT2D eigenvalue weighted by molar-refractivity contribution is 7.98. The van der Waals surface area contributed by atoms with Gasteiger partial charge in [-0.15, -0.1) is 0 Å². The van der Waals surface area contributed by atoms with E-state index in [2.05, 4.69) is 17.6 Å². The Morgan fingerprint density at radius 3 is 2.63 bits per heavy atom. The zero-order valence-corrected chi connectivity index (χ0v) is 18.4. The number of carbonyl (C=O) groups excluding carboxylic acids is 3. The SMILES string of the molecule is CCc1cccc2c1NC(=O)[C@@]21N[C@H](CCSC)[C@H]2C(=O)N(C3CCCC3)C(=O)[C@H]21. The number of thioether (sulfide) groups is 1. The van der Waals surface area contributed by atoms with E-state index in [-0.39, 0.29) is 29.8 Å². The summed E-state index contributed by atoms with van der Waals surface area (Å²) in [6.07, 6.45) is 7.48. The van der Waals surface area contributed by atoms with Crippen LogP contribution in [-0.2, 0) is 26.3 Å². The molecule has 1 spiro atoms. The molecule has 1 saturated carbocycles. The van der Waals surface area contributed by atoms with Crippen LogP contribution in [0.15, 0.2) is 18.2 Å². The summed E-state index contributed by atoms with van der Waals surface area (Å²) in [5.74, 6) is -0.653. The number of anilines is 1. The Morgan fingerprint density at radius 1 is 1.17 bits per heavy atom. The number of likely N-dealkylation sites (tertiary alicyclic amines) is 1. The van der Waals surface area contributed by atoms with Gasteiger partial charge < -0.3 is 5.32 Å². The van der Waals surface area contributed by atoms with Gasteiger partial charge in [0.05, 0.1) is 11.8 Å². The molecule has 0 bridgehead atoms. The summed E-state index contributed by atoms with van der Waals surface area (Å²) in [6.45, 7) is 2.06. The molecule has 6 nitrogen and oxygen atoms in total. The molecule has 5 rings (SSSR count). The van der Waals surface area contributed by atoms with E-state index in [1.54, 1.807) is 16.7 Å². The highest BCUT2D eigenvalue weighted by Crippen LogP contribution is 2.54. The van der Waals surface area contributed by atoms with Crippen LogP contribution in [0.4, 0.5) is 5.69 Å². The maximum atomic E-state index is 13.8. The van der Waals surface area contributed by atoms with E-state index in [0.717, 1.165) is 61.1 Å². The van der Waals surface area contributed by atoms with E-state index in [4.69, 9.17) is 0 Å². The lowest BCUT2D eigenvalue weighted by molar-refractivity contribution is -0.145. The van der Waals surface area contributed by atoms with E-state index in [0.29, 0.717) is 0 Å². The van der Waals surface area contributed by atoms with Crippen molar-refractivity contribution in [2.75, 3.05) is 17.3 Å². The first kappa shape index (κ1) is 20.1. The van der Waals surface area contributed by atoms with Gasteiger partial charge in [-0.05, 0) is 43.3 Å². The molecule has 3 heterocycles. The Labute approximate surface area is 181 Å². The van der Waals surface area contributed by atoms with Gasteiger partial charge in [-0.1, -0.05) is 38.0 Å². The second-order valence-electron chi connectivity index (χ2n) is 8.98. The van der Waals surface area contributed by atoms with Crippen LogP contribution in [0.2, 0.25) is 0 Å². The van der Waals surface area contributed by atoms with Crippen molar-refractivity contribution in [2.45, 2.75) is 63.1 Å². The number of hydrogen-bond acceptors (Lipinski definition) is 5. The average molecular weight is 428 g/mol. The third-order valence-corrected chi connectivity index (χ3v) is 8.22. The maximum Gasteiger partial charge on any atom is 0.250 e. The Balaban J connectivity index is 1.63. The highest BCUT2D eigenvalue weighted by Gasteiger charge is 2.70. The smallest absolute Gasteiger partial charge is 0.250 e. The third kappa shape index (κ3) is 2.57. The second kappa shape index (κ2) is 7.38. The Morgan fingerprint density at radius 2 is 1.93 bits per heavy atom. The van der Waals surface area contributed by atoms with E-state index in [1.807, 2.05) is 24.5 Å². The standard InChI is InChI=1S/C23H29N3O3S/c1-3-13-7-6-10-15-19(13)24-22(29)23(15)18-17(16(25-23)11-12-30-2)20(27)26(21(18)28)14-8-4-5-9-14/h6-7,10,14,16-18,25H,3-5,8-9,11-12H2,1-2H3,(H,24,29)/t16-,17-,18+,23-/m1/s1. The molecule has 30 heavy (non-hydrogen) atoms. The summed E-state index contributed by atoms with van der Waals surface area (Å²) < 4.78 is 0. The molecule has 0 radical (unpaired) electrons. The number of nitrogens with zero attached hydrogens (tertiary/aromatic N) is 1. The summed E-state index contributed by atoms with van der Waals surface area (Å²) in [5.41, 5.74) is 1.58. The normalized spacial score (nSPS) is 32.9. The Kier molecular flexibility index (Phi) is 4.93. The van der Waals surface area contributed by atoms with Gasteiger partial charge in [0.1, 0.15) is 5.54 Å². The number of para-hydroxylation sites is 1. The van der Waals surface area contributed by atoms with Crippen LogP contribution in [0.5, 0.6) is 0 Å². The molecule has 160 valence electrons. The van der Waals surface area contributed by atoms with Gasteiger partial charge in [0.2, 0.25) is 17.7 Å². The summed E-state index contributed by atoms with van der Waals surface area (Å²) >= 11 is 1.72. The molecule has 3 amide bonds. The number of aryl methyl sites for hydroxylation is 1. The van der Waals surface area contributed by atoms with Crippen LogP contribution in [-0.4, -0.2) is 46.7 Å². The van der Waals surface area contributed by atoms with E-state index in [9.17, 15) is 14.4 Å². The minimum absolute atomic E-state index is 0.000221. The molecule has 1 aliphatic carbocycles. The van der Waals surface area contributed by atoms with Gasteiger partial charge in [-0.25, -0.2) is 0 Å². The molecule has 0 unspecified atom stereocenters. The first-order valence-corrected chi connectivity index (χ1v) is 12.5. The van der Waals surface area contributed by atoms with Crippen LogP contribution < -0.4 is 10.6 Å². The summed E-state index contributed by atoms with van der Waals surface area (Å²) in [4.78, 5) is 42.4. The molecule has 4 aliphatic rings. The zero-order chi connectivity index (χ0) is 21.0. The quantitative estimate of drug-likeness (QED) is 0.707. The molecule has 1 aromatic carbocycles. The predicted molar refractivity (Wildman–Crippen MR) is 117 cm³/mol. The van der Waals surface area contributed by atoms with Gasteiger partial charge in [0.25, 0.3) is 0 Å². The first-order valence-electron chi connectivity index (χ1n) is 11.1. The number of benzene rings is 1. The minimum atomic E-state index is -1.14. The largest absolute Gasteiger partial charge is 0.324 e. The zero-order valence-electron chi connectivity index (χ0n) is 17.6. The summed E-state index contributed by atoms with van der Waals surface area (Å²) in [5, 5.41) is 6.61. The van der Waals surface area contributed by atoms with Crippen molar-refractivity contribution in [3.8, 4) is 0 Å². The molecule has 1 aromatic rings. The molecule has 2 saturated heterocycles. The molecular weight excluding hydrogens is 398 g/mol. The van der Waals surface area contributed by atoms with Crippen molar-refractivity contribution in [3.63, 3.8) is 0 Å². The van der Waals surface area contributed by atoms with Crippen LogP contribution in [0.3, 0.4) is 0 Å². The van der Waals surface area contributed by atoms with Gasteiger partial charge in [0.15, 0.2) is 0 Å². The molecule has 0 aromatic heterocycles. The molecule has 4 atom stereocenters. The van der Waals surface area contributed by atoms with Crippen LogP contribution in [0.1, 0.15) is 50.2 Å². The molecule has 2 N–H and O–H groups in total. The minimum Gasteiger partial charge on any atom is -0.324 e. The number of imide groups is 1. The second-order valence-corrected chi connectivity index (χ2v) is 9.96. The van der Waals surface area contributed by atoms with E-state index in [1.165, 1.54) is 0 Å². The fraction of sp³-hybridized carbons (Fsp3) is 0.609. The number of carbonyl (C=O) groups is 3. The monoisotopic (exact) mass is 427 g/mol. The highest BCUT2D eigenvalue weighted by atomic mass is 32.2. The first-order chi connectivity index (χ1) is 14.5. The van der Waals surface area contributed by atoms with Crippen molar-refractivity contribution in [1.29, 1.82) is 0 Å². The number of hydrogen-bond donors (Lipinski definition) is 2. The van der Waals surface area contributed by atoms with Crippen molar-refractivity contribution in [2.24, 2.45) is 11.8 Å². The van der Waals surface area contributed by atoms with Gasteiger partial charge >= 0.3 is 0 Å². The predicted octanol–water partition coefficient (Wildman–Crippen LogP) is 2.67. The molecule has 7 heteroatoms. The Bertz CT molecular complexity index is 913. The molecule has 3 fully saturated rings. The van der Waals surface area contributed by atoms with Gasteiger partial charge in [-0.2, -0.15) is 11.8 Å². The third-order valence-electron chi connectivity index (χ3n) is 7.57. The lowest BCUT2D eigenvalue weighted by Crippen LogP contribution is -2.54. The van der Waals surface area contributed by atoms with Crippen molar-refractivity contribution >= 4 is 35.2 Å². The topological polar surface area (TPSA) is 78.5 Å². The fourth-order valence-electron chi connectivity index (χ4n) is 6.22. The van der Waals surface area contributed by atoms with Gasteiger partial charge in [-0.3, -0.25) is 24.6 Å². The van der Waals surface area contributed by atoms with Crippen LogP contribution in [0.25, 0.3) is 0 Å². The van der Waals surface area contributed by atoms with E-state index < -0.39 is 17.4 Å². The number of amides is 3. The molecular formula is C23H29N3O3S. The average Bonchev–Trinajstić information content (AvgIpc) is 3.48. The van der Waals surface area contributed by atoms with Gasteiger partial charge in [0, 0.05) is 23.3 Å². The summed E-state index contributed by atoms with van der Waals surface area (Å²) in [7, 11) is 0. The maximum absolute atomic E-state index is 13.8. The number of fused-ring (bicyclic) bond motifs is 4. The van der Waals surface area contributed by atoms with Crippen molar-refractivity contribution < 1.29 is 14.4 Å².